The predicted molar refractivity (Wildman–Crippen MR) is 85.7 cm³/mol. The molecule has 0 bridgehead atoms. The highest BCUT2D eigenvalue weighted by Gasteiger charge is 2.34. The Morgan fingerprint density at radius 2 is 2.05 bits per heavy atom. The molecule has 2 aliphatic rings. The molecule has 5 nitrogen and oxygen atoms in total. The minimum atomic E-state index is -0.296. The first-order valence-corrected chi connectivity index (χ1v) is 7.87. The SMILES string of the molecule is CC(C)(C)Oc1nc(NC2CCN(C3CC3)C2)ccc1N. The molecule has 1 aliphatic heterocycles. The van der Waals surface area contributed by atoms with Gasteiger partial charge in [0.2, 0.25) is 5.88 Å². The molecule has 1 saturated carbocycles. The van der Waals surface area contributed by atoms with E-state index < -0.39 is 0 Å². The van der Waals surface area contributed by atoms with Crippen LogP contribution in [0.2, 0.25) is 0 Å². The number of nitrogens with one attached hydrogen (secondary N) is 1. The Kier molecular flexibility index (Phi) is 3.69. The molecule has 0 amide bonds. The number of nitrogens with two attached hydrogens (primary N) is 1. The summed E-state index contributed by atoms with van der Waals surface area (Å²) in [5.74, 6) is 1.37. The summed E-state index contributed by atoms with van der Waals surface area (Å²) < 4.78 is 5.82. The van der Waals surface area contributed by atoms with Crippen molar-refractivity contribution in [2.24, 2.45) is 0 Å². The third kappa shape index (κ3) is 3.79. The maximum absolute atomic E-state index is 5.95. The average Bonchev–Trinajstić information content (AvgIpc) is 3.13. The molecular formula is C16H26N4O. The van der Waals surface area contributed by atoms with Crippen LogP contribution in [0.4, 0.5) is 11.5 Å². The Morgan fingerprint density at radius 1 is 1.29 bits per heavy atom. The number of anilines is 2. The lowest BCUT2D eigenvalue weighted by Crippen LogP contribution is -2.28. The van der Waals surface area contributed by atoms with Gasteiger partial charge in [-0.3, -0.25) is 4.90 Å². The topological polar surface area (TPSA) is 63.4 Å². The summed E-state index contributed by atoms with van der Waals surface area (Å²) in [6.07, 6.45) is 3.92. The molecule has 3 rings (SSSR count). The van der Waals surface area contributed by atoms with E-state index >= 15 is 0 Å². The van der Waals surface area contributed by atoms with Crippen LogP contribution in [-0.4, -0.2) is 40.7 Å². The zero-order valence-electron chi connectivity index (χ0n) is 13.2. The first-order valence-electron chi connectivity index (χ1n) is 7.87. The largest absolute Gasteiger partial charge is 0.470 e. The Balaban J connectivity index is 1.64. The fourth-order valence-electron chi connectivity index (χ4n) is 2.79. The van der Waals surface area contributed by atoms with Crippen LogP contribution in [0.3, 0.4) is 0 Å². The summed E-state index contributed by atoms with van der Waals surface area (Å²) in [7, 11) is 0. The summed E-state index contributed by atoms with van der Waals surface area (Å²) in [6.45, 7) is 8.31. The van der Waals surface area contributed by atoms with Crippen molar-refractivity contribution in [3.05, 3.63) is 12.1 Å². The highest BCUT2D eigenvalue weighted by Crippen LogP contribution is 2.31. The van der Waals surface area contributed by atoms with Gasteiger partial charge < -0.3 is 15.8 Å². The van der Waals surface area contributed by atoms with Gasteiger partial charge in [-0.25, -0.2) is 0 Å². The quantitative estimate of drug-likeness (QED) is 0.892. The van der Waals surface area contributed by atoms with Crippen LogP contribution in [-0.2, 0) is 0 Å². The number of nitrogen functional groups attached to an aromatic ring is 1. The van der Waals surface area contributed by atoms with Crippen LogP contribution < -0.4 is 15.8 Å². The molecule has 5 heteroatoms. The number of nitrogens with zero attached hydrogens (tertiary/aromatic N) is 2. The van der Waals surface area contributed by atoms with Crippen molar-refractivity contribution in [2.45, 2.75) is 57.7 Å². The van der Waals surface area contributed by atoms with Gasteiger partial charge >= 0.3 is 0 Å². The van der Waals surface area contributed by atoms with Gasteiger partial charge in [0.05, 0.1) is 5.69 Å². The molecule has 0 aromatic carbocycles. The average molecular weight is 290 g/mol. The number of hydrogen-bond acceptors (Lipinski definition) is 5. The van der Waals surface area contributed by atoms with Gasteiger partial charge in [-0.15, -0.1) is 0 Å². The molecular weight excluding hydrogens is 264 g/mol. The van der Waals surface area contributed by atoms with Crippen LogP contribution in [0.5, 0.6) is 5.88 Å². The normalized spacial score (nSPS) is 23.3. The van der Waals surface area contributed by atoms with Crippen molar-refractivity contribution in [3.8, 4) is 5.88 Å². The van der Waals surface area contributed by atoms with Gasteiger partial charge in [0.1, 0.15) is 11.4 Å². The van der Waals surface area contributed by atoms with E-state index in [2.05, 4.69) is 15.2 Å². The van der Waals surface area contributed by atoms with E-state index in [0.717, 1.165) is 18.4 Å². The molecule has 21 heavy (non-hydrogen) atoms. The van der Waals surface area contributed by atoms with E-state index in [4.69, 9.17) is 10.5 Å². The van der Waals surface area contributed by atoms with Crippen molar-refractivity contribution in [2.75, 3.05) is 24.1 Å². The van der Waals surface area contributed by atoms with E-state index in [0.29, 0.717) is 17.6 Å². The van der Waals surface area contributed by atoms with Crippen molar-refractivity contribution < 1.29 is 4.74 Å². The van der Waals surface area contributed by atoms with Gasteiger partial charge in [0, 0.05) is 25.2 Å². The summed E-state index contributed by atoms with van der Waals surface area (Å²) >= 11 is 0. The predicted octanol–water partition coefficient (Wildman–Crippen LogP) is 2.49. The van der Waals surface area contributed by atoms with E-state index in [9.17, 15) is 0 Å². The summed E-state index contributed by atoms with van der Waals surface area (Å²) in [5.41, 5.74) is 6.24. The van der Waals surface area contributed by atoms with Gasteiger partial charge in [-0.2, -0.15) is 4.98 Å². The second-order valence-corrected chi connectivity index (χ2v) is 7.16. The molecule has 1 saturated heterocycles. The first kappa shape index (κ1) is 14.4. The van der Waals surface area contributed by atoms with Crippen LogP contribution >= 0.6 is 0 Å². The summed E-state index contributed by atoms with van der Waals surface area (Å²) in [6, 6.07) is 5.12. The fraction of sp³-hybridized carbons (Fsp3) is 0.688. The van der Waals surface area contributed by atoms with Gasteiger partial charge in [0.25, 0.3) is 0 Å². The zero-order valence-corrected chi connectivity index (χ0v) is 13.2. The minimum Gasteiger partial charge on any atom is -0.470 e. The Morgan fingerprint density at radius 3 is 2.71 bits per heavy atom. The smallest absolute Gasteiger partial charge is 0.239 e. The molecule has 2 fully saturated rings. The molecule has 0 radical (unpaired) electrons. The van der Waals surface area contributed by atoms with Crippen molar-refractivity contribution in [1.82, 2.24) is 9.88 Å². The highest BCUT2D eigenvalue weighted by atomic mass is 16.5. The maximum Gasteiger partial charge on any atom is 0.239 e. The lowest BCUT2D eigenvalue weighted by molar-refractivity contribution is 0.125. The molecule has 1 unspecified atom stereocenters. The van der Waals surface area contributed by atoms with Gasteiger partial charge in [0.15, 0.2) is 0 Å². The van der Waals surface area contributed by atoms with Crippen molar-refractivity contribution in [3.63, 3.8) is 0 Å². The third-order valence-electron chi connectivity index (χ3n) is 3.93. The van der Waals surface area contributed by atoms with Crippen molar-refractivity contribution in [1.29, 1.82) is 0 Å². The number of ether oxygens (including phenoxy) is 1. The maximum atomic E-state index is 5.95. The van der Waals surface area contributed by atoms with Crippen LogP contribution in [0.15, 0.2) is 12.1 Å². The second kappa shape index (κ2) is 5.37. The molecule has 1 aromatic rings. The summed E-state index contributed by atoms with van der Waals surface area (Å²) in [5, 5.41) is 3.52. The Bertz CT molecular complexity index is 507. The molecule has 116 valence electrons. The number of aromatic nitrogens is 1. The number of rotatable bonds is 4. The summed E-state index contributed by atoms with van der Waals surface area (Å²) in [4.78, 5) is 7.11. The van der Waals surface area contributed by atoms with Crippen molar-refractivity contribution >= 4 is 11.5 Å². The van der Waals surface area contributed by atoms with Gasteiger partial charge in [-0.1, -0.05) is 0 Å². The molecule has 1 atom stereocenters. The molecule has 1 aliphatic carbocycles. The second-order valence-electron chi connectivity index (χ2n) is 7.16. The number of pyridine rings is 1. The molecule has 0 spiro atoms. The Labute approximate surface area is 126 Å². The standard InChI is InChI=1S/C16H26N4O/c1-16(2,3)21-15-13(17)6-7-14(19-15)18-11-8-9-20(10-11)12-4-5-12/h6-7,11-12H,4-5,8-10,17H2,1-3H3,(H,18,19). The van der Waals surface area contributed by atoms with E-state index in [1.165, 1.54) is 25.8 Å². The Hall–Kier alpha value is -1.49. The molecule has 1 aromatic heterocycles. The lowest BCUT2D eigenvalue weighted by atomic mass is 10.2. The minimum absolute atomic E-state index is 0.296. The van der Waals surface area contributed by atoms with Crippen LogP contribution in [0.25, 0.3) is 0 Å². The molecule has 2 heterocycles. The van der Waals surface area contributed by atoms with Crippen LogP contribution in [0.1, 0.15) is 40.0 Å². The molecule has 3 N–H and O–H groups in total. The fourth-order valence-corrected chi connectivity index (χ4v) is 2.79. The zero-order chi connectivity index (χ0) is 15.0. The monoisotopic (exact) mass is 290 g/mol. The van der Waals surface area contributed by atoms with Crippen LogP contribution in [0, 0.1) is 0 Å². The highest BCUT2D eigenvalue weighted by molar-refractivity contribution is 5.54. The lowest BCUT2D eigenvalue weighted by Gasteiger charge is -2.22. The van der Waals surface area contributed by atoms with E-state index in [-0.39, 0.29) is 5.60 Å². The number of likely N-dealkylation sites (tertiary alicyclic amines) is 1. The third-order valence-corrected chi connectivity index (χ3v) is 3.93. The van der Waals surface area contributed by atoms with Gasteiger partial charge in [-0.05, 0) is 52.2 Å². The van der Waals surface area contributed by atoms with E-state index in [1.807, 2.05) is 32.9 Å². The first-order chi connectivity index (χ1) is 9.90. The number of hydrogen-bond donors (Lipinski definition) is 2. The van der Waals surface area contributed by atoms with E-state index in [1.54, 1.807) is 0 Å².